The van der Waals surface area contributed by atoms with Crippen LogP contribution in [0.3, 0.4) is 0 Å². The van der Waals surface area contributed by atoms with E-state index in [1.807, 2.05) is 0 Å². The molecule has 0 aromatic rings. The van der Waals surface area contributed by atoms with Crippen molar-refractivity contribution in [2.75, 3.05) is 6.54 Å². The maximum atomic E-state index is 10.6. The molecule has 1 heterocycles. The number of carbonyl (C=O) groups excluding carboxylic acids is 1. The lowest BCUT2D eigenvalue weighted by Crippen LogP contribution is -2.23. The third-order valence-electron chi connectivity index (χ3n) is 1.20. The van der Waals surface area contributed by atoms with E-state index in [0.717, 1.165) is 0 Å². The second kappa shape index (κ2) is 2.79. The van der Waals surface area contributed by atoms with Gasteiger partial charge in [-0.15, -0.1) is 0 Å². The molecule has 0 atom stereocenters. The number of rotatable bonds is 1. The highest BCUT2D eigenvalue weighted by Gasteiger charge is 2.08. The number of primary amides is 1. The lowest BCUT2D eigenvalue weighted by Gasteiger charge is -2.15. The summed E-state index contributed by atoms with van der Waals surface area (Å²) in [5.41, 5.74) is 5.61. The minimum atomic E-state index is -0.386. The molecule has 54 valence electrons. The van der Waals surface area contributed by atoms with Crippen molar-refractivity contribution < 1.29 is 4.79 Å². The molecule has 4 heteroatoms. The van der Waals surface area contributed by atoms with Gasteiger partial charge in [0.15, 0.2) is 0 Å². The van der Waals surface area contributed by atoms with Crippen molar-refractivity contribution in [1.29, 1.82) is 0 Å². The Morgan fingerprint density at radius 3 is 2.90 bits per heavy atom. The summed E-state index contributed by atoms with van der Waals surface area (Å²) >= 11 is 4.01. The number of amides is 1. The lowest BCUT2D eigenvalue weighted by molar-refractivity contribution is -0.114. The number of nitrogens with zero attached hydrogens (tertiary/aromatic N) is 1. The fourth-order valence-electron chi connectivity index (χ4n) is 0.699. The van der Waals surface area contributed by atoms with Gasteiger partial charge >= 0.3 is 0 Å². The first-order chi connectivity index (χ1) is 4.70. The van der Waals surface area contributed by atoms with Crippen LogP contribution in [-0.2, 0) is 4.79 Å². The van der Waals surface area contributed by atoms with Crippen LogP contribution in [0.5, 0.6) is 0 Å². The largest absolute Gasteiger partial charge is 0.366 e. The summed E-state index contributed by atoms with van der Waals surface area (Å²) in [5, 5.41) is 0. The van der Waals surface area contributed by atoms with Crippen LogP contribution in [0, 0.1) is 0 Å². The average molecular weight is 156 g/mol. The summed E-state index contributed by atoms with van der Waals surface area (Å²) in [6, 6.07) is 0. The summed E-state index contributed by atoms with van der Waals surface area (Å²) in [4.78, 5) is 10.6. The summed E-state index contributed by atoms with van der Waals surface area (Å²) < 4.78 is 1.60. The van der Waals surface area contributed by atoms with E-state index in [4.69, 9.17) is 5.73 Å². The highest BCUT2D eigenvalue weighted by molar-refractivity contribution is 7.77. The second-order valence-electron chi connectivity index (χ2n) is 2.00. The Kier molecular flexibility index (Phi) is 2.01. The van der Waals surface area contributed by atoms with Gasteiger partial charge in [-0.25, -0.2) is 0 Å². The molecule has 0 fully saturated rings. The van der Waals surface area contributed by atoms with E-state index in [0.29, 0.717) is 12.1 Å². The fraction of sp³-hybridized carbons (Fsp3) is 0.167. The number of thiol groups is 1. The van der Waals surface area contributed by atoms with Gasteiger partial charge in [0.2, 0.25) is 5.91 Å². The molecule has 1 aliphatic rings. The first-order valence-corrected chi connectivity index (χ1v) is 3.23. The molecule has 0 saturated carbocycles. The first-order valence-electron chi connectivity index (χ1n) is 2.83. The molecule has 0 aromatic heterocycles. The van der Waals surface area contributed by atoms with Crippen LogP contribution in [0.25, 0.3) is 0 Å². The molecule has 1 aliphatic heterocycles. The zero-order chi connectivity index (χ0) is 7.56. The van der Waals surface area contributed by atoms with E-state index >= 15 is 0 Å². The van der Waals surface area contributed by atoms with Crippen LogP contribution in [0.4, 0.5) is 0 Å². The molecule has 0 aromatic carbocycles. The highest BCUT2D eigenvalue weighted by atomic mass is 32.1. The first kappa shape index (κ1) is 7.21. The molecular formula is C6H8N2OS. The quantitative estimate of drug-likeness (QED) is 0.528. The van der Waals surface area contributed by atoms with Gasteiger partial charge in [0.25, 0.3) is 0 Å². The van der Waals surface area contributed by atoms with Crippen LogP contribution >= 0.6 is 12.8 Å². The molecular weight excluding hydrogens is 148 g/mol. The topological polar surface area (TPSA) is 46.3 Å². The maximum absolute atomic E-state index is 10.6. The van der Waals surface area contributed by atoms with Crippen molar-refractivity contribution in [3.05, 3.63) is 23.9 Å². The van der Waals surface area contributed by atoms with Crippen molar-refractivity contribution >= 4 is 18.7 Å². The zero-order valence-electron chi connectivity index (χ0n) is 5.32. The maximum Gasteiger partial charge on any atom is 0.246 e. The molecule has 10 heavy (non-hydrogen) atoms. The second-order valence-corrected chi connectivity index (χ2v) is 2.51. The summed E-state index contributed by atoms with van der Waals surface area (Å²) in [5.74, 6) is -0.386. The van der Waals surface area contributed by atoms with Crippen LogP contribution in [0.2, 0.25) is 0 Å². The molecule has 0 spiro atoms. The van der Waals surface area contributed by atoms with Gasteiger partial charge in [0.1, 0.15) is 0 Å². The SMILES string of the molecule is NC(=O)C1=CC=CN(S)C1. The fourth-order valence-corrected chi connectivity index (χ4v) is 0.928. The predicted molar refractivity (Wildman–Crippen MR) is 42.1 cm³/mol. The minimum Gasteiger partial charge on any atom is -0.366 e. The Morgan fingerprint density at radius 1 is 1.80 bits per heavy atom. The van der Waals surface area contributed by atoms with E-state index in [9.17, 15) is 4.79 Å². The van der Waals surface area contributed by atoms with Gasteiger partial charge in [0, 0.05) is 11.8 Å². The Hall–Kier alpha value is -0.900. The van der Waals surface area contributed by atoms with E-state index < -0.39 is 0 Å². The average Bonchev–Trinajstić information content (AvgIpc) is 1.88. The standard InChI is InChI=1S/C6H8N2OS/c7-6(9)5-2-1-3-8(10)4-5/h1-3,10H,4H2,(H2,7,9). The molecule has 0 unspecified atom stereocenters. The molecule has 0 saturated heterocycles. The molecule has 0 aliphatic carbocycles. The van der Waals surface area contributed by atoms with Gasteiger partial charge < -0.3 is 10.0 Å². The molecule has 1 amide bonds. The van der Waals surface area contributed by atoms with Crippen molar-refractivity contribution in [2.45, 2.75) is 0 Å². The minimum absolute atomic E-state index is 0.386. The van der Waals surface area contributed by atoms with E-state index in [1.165, 1.54) is 0 Å². The smallest absolute Gasteiger partial charge is 0.246 e. The van der Waals surface area contributed by atoms with E-state index in [1.54, 1.807) is 22.7 Å². The van der Waals surface area contributed by atoms with Crippen molar-refractivity contribution in [3.8, 4) is 0 Å². The van der Waals surface area contributed by atoms with Gasteiger partial charge in [-0.1, -0.05) is 18.9 Å². The lowest BCUT2D eigenvalue weighted by atomic mass is 10.2. The molecule has 2 N–H and O–H groups in total. The van der Waals surface area contributed by atoms with E-state index in [-0.39, 0.29) is 5.91 Å². The van der Waals surface area contributed by atoms with E-state index in [2.05, 4.69) is 12.8 Å². The van der Waals surface area contributed by atoms with Gasteiger partial charge in [-0.3, -0.25) is 4.79 Å². The molecule has 1 rings (SSSR count). The number of hydrogen-bond donors (Lipinski definition) is 2. The Labute approximate surface area is 64.7 Å². The monoisotopic (exact) mass is 156 g/mol. The summed E-state index contributed by atoms with van der Waals surface area (Å²) in [6.07, 6.45) is 5.18. The molecule has 3 nitrogen and oxygen atoms in total. The number of allylic oxidation sites excluding steroid dienone is 2. The van der Waals surface area contributed by atoms with Crippen LogP contribution < -0.4 is 5.73 Å². The van der Waals surface area contributed by atoms with Crippen molar-refractivity contribution in [3.63, 3.8) is 0 Å². The third-order valence-corrected chi connectivity index (χ3v) is 1.48. The number of carbonyl (C=O) groups is 1. The Balaban J connectivity index is 2.71. The normalized spacial score (nSPS) is 16.9. The van der Waals surface area contributed by atoms with Crippen LogP contribution in [0.15, 0.2) is 23.9 Å². The summed E-state index contributed by atoms with van der Waals surface area (Å²) in [7, 11) is 0. The number of hydrogen-bond acceptors (Lipinski definition) is 3. The van der Waals surface area contributed by atoms with Gasteiger partial charge in [-0.05, 0) is 6.08 Å². The van der Waals surface area contributed by atoms with Gasteiger partial charge in [-0.2, -0.15) is 0 Å². The van der Waals surface area contributed by atoms with Crippen LogP contribution in [-0.4, -0.2) is 16.8 Å². The third kappa shape index (κ3) is 1.54. The highest BCUT2D eigenvalue weighted by Crippen LogP contribution is 2.07. The molecule has 0 radical (unpaired) electrons. The Bertz CT molecular complexity index is 210. The number of nitrogens with two attached hydrogens (primary N) is 1. The van der Waals surface area contributed by atoms with Crippen molar-refractivity contribution in [2.24, 2.45) is 5.73 Å². The van der Waals surface area contributed by atoms with Crippen molar-refractivity contribution in [1.82, 2.24) is 4.31 Å². The van der Waals surface area contributed by atoms with Gasteiger partial charge in [0.05, 0.1) is 6.54 Å². The Morgan fingerprint density at radius 2 is 2.50 bits per heavy atom. The molecule has 0 bridgehead atoms. The zero-order valence-corrected chi connectivity index (χ0v) is 6.21. The predicted octanol–water partition coefficient (Wildman–Crippen LogP) is 0.0722. The summed E-state index contributed by atoms with van der Waals surface area (Å²) in [6.45, 7) is 0.481. The van der Waals surface area contributed by atoms with Crippen LogP contribution in [0.1, 0.15) is 0 Å².